The summed E-state index contributed by atoms with van der Waals surface area (Å²) in [6.07, 6.45) is 1.30. The number of carbonyl (C=O) groups is 1. The SMILES string of the molecule is COc1ccc(C(=O)c2cccc[n+]2[O-])cc1. The summed E-state index contributed by atoms with van der Waals surface area (Å²) < 4.78 is 5.56. The van der Waals surface area contributed by atoms with Gasteiger partial charge in [-0.15, -0.1) is 0 Å². The number of aromatic nitrogens is 1. The van der Waals surface area contributed by atoms with E-state index in [0.717, 1.165) is 0 Å². The summed E-state index contributed by atoms with van der Waals surface area (Å²) in [4.78, 5) is 12.0. The van der Waals surface area contributed by atoms with Crippen LogP contribution in [0.25, 0.3) is 0 Å². The lowest BCUT2D eigenvalue weighted by Gasteiger charge is -2.04. The van der Waals surface area contributed by atoms with E-state index < -0.39 is 0 Å². The highest BCUT2D eigenvalue weighted by atomic mass is 16.5. The van der Waals surface area contributed by atoms with E-state index in [9.17, 15) is 10.0 Å². The Morgan fingerprint density at radius 1 is 1.18 bits per heavy atom. The smallest absolute Gasteiger partial charge is 0.264 e. The number of ether oxygens (including phenoxy) is 1. The molecule has 0 N–H and O–H groups in total. The largest absolute Gasteiger partial charge is 0.618 e. The average molecular weight is 229 g/mol. The number of ketones is 1. The van der Waals surface area contributed by atoms with Gasteiger partial charge in [0, 0.05) is 17.7 Å². The average Bonchev–Trinajstić information content (AvgIpc) is 2.39. The molecule has 0 atom stereocenters. The molecule has 0 aliphatic rings. The lowest BCUT2D eigenvalue weighted by atomic mass is 10.1. The highest BCUT2D eigenvalue weighted by Gasteiger charge is 2.16. The highest BCUT2D eigenvalue weighted by Crippen LogP contribution is 2.13. The van der Waals surface area contributed by atoms with E-state index in [4.69, 9.17) is 4.74 Å². The van der Waals surface area contributed by atoms with Crippen molar-refractivity contribution in [2.24, 2.45) is 0 Å². The summed E-state index contributed by atoms with van der Waals surface area (Å²) >= 11 is 0. The fraction of sp³-hybridized carbons (Fsp3) is 0.0769. The van der Waals surface area contributed by atoms with Crippen LogP contribution in [0.1, 0.15) is 16.1 Å². The van der Waals surface area contributed by atoms with E-state index in [1.807, 2.05) is 0 Å². The van der Waals surface area contributed by atoms with Crippen molar-refractivity contribution >= 4 is 5.78 Å². The minimum atomic E-state index is -0.303. The first-order valence-corrected chi connectivity index (χ1v) is 5.09. The van der Waals surface area contributed by atoms with Crippen molar-refractivity contribution in [1.82, 2.24) is 0 Å². The van der Waals surface area contributed by atoms with Gasteiger partial charge in [0.05, 0.1) is 7.11 Å². The molecule has 0 amide bonds. The maximum absolute atomic E-state index is 12.0. The van der Waals surface area contributed by atoms with Gasteiger partial charge in [0.15, 0.2) is 6.20 Å². The van der Waals surface area contributed by atoms with Gasteiger partial charge >= 0.3 is 0 Å². The summed E-state index contributed by atoms with van der Waals surface area (Å²) in [5.41, 5.74) is 0.569. The first-order valence-electron chi connectivity index (χ1n) is 5.09. The zero-order valence-electron chi connectivity index (χ0n) is 9.29. The van der Waals surface area contributed by atoms with Crippen LogP contribution in [0, 0.1) is 5.21 Å². The van der Waals surface area contributed by atoms with E-state index in [0.29, 0.717) is 16.0 Å². The molecule has 0 saturated carbocycles. The summed E-state index contributed by atoms with van der Waals surface area (Å²) in [5.74, 6) is 0.368. The van der Waals surface area contributed by atoms with Crippen LogP contribution >= 0.6 is 0 Å². The molecule has 4 nitrogen and oxygen atoms in total. The van der Waals surface area contributed by atoms with Crippen LogP contribution in [0.15, 0.2) is 48.7 Å². The minimum Gasteiger partial charge on any atom is -0.618 e. The molecule has 0 spiro atoms. The number of rotatable bonds is 3. The number of benzene rings is 1. The van der Waals surface area contributed by atoms with Gasteiger partial charge in [-0.2, -0.15) is 4.73 Å². The maximum Gasteiger partial charge on any atom is 0.264 e. The molecule has 0 fully saturated rings. The van der Waals surface area contributed by atoms with Crippen molar-refractivity contribution in [2.75, 3.05) is 7.11 Å². The van der Waals surface area contributed by atoms with Crippen LogP contribution in [-0.4, -0.2) is 12.9 Å². The lowest BCUT2D eigenvalue weighted by Crippen LogP contribution is -2.33. The molecule has 0 aliphatic heterocycles. The van der Waals surface area contributed by atoms with Gasteiger partial charge in [-0.1, -0.05) is 0 Å². The molecule has 1 aromatic carbocycles. The van der Waals surface area contributed by atoms with E-state index >= 15 is 0 Å². The van der Waals surface area contributed by atoms with Gasteiger partial charge in [0.25, 0.3) is 11.5 Å². The van der Waals surface area contributed by atoms with Crippen LogP contribution in [0.5, 0.6) is 5.75 Å². The molecule has 4 heteroatoms. The van der Waals surface area contributed by atoms with Gasteiger partial charge in [-0.25, -0.2) is 0 Å². The second kappa shape index (κ2) is 4.65. The fourth-order valence-corrected chi connectivity index (χ4v) is 1.49. The predicted molar refractivity (Wildman–Crippen MR) is 61.8 cm³/mol. The molecule has 0 saturated heterocycles. The molecule has 0 unspecified atom stereocenters. The van der Waals surface area contributed by atoms with Crippen LogP contribution in [-0.2, 0) is 0 Å². The Hall–Kier alpha value is -2.36. The molecule has 1 aromatic heterocycles. The maximum atomic E-state index is 12.0. The first-order chi connectivity index (χ1) is 8.22. The molecular weight excluding hydrogens is 218 g/mol. The molecular formula is C13H11NO3. The van der Waals surface area contributed by atoms with Crippen molar-refractivity contribution < 1.29 is 14.3 Å². The monoisotopic (exact) mass is 229 g/mol. The molecule has 0 bridgehead atoms. The van der Waals surface area contributed by atoms with Gasteiger partial charge in [0.1, 0.15) is 5.75 Å². The van der Waals surface area contributed by atoms with Crippen molar-refractivity contribution in [3.05, 3.63) is 65.1 Å². The second-order valence-corrected chi connectivity index (χ2v) is 3.47. The first kappa shape index (κ1) is 11.1. The number of methoxy groups -OCH3 is 1. The van der Waals surface area contributed by atoms with Gasteiger partial charge in [-0.3, -0.25) is 4.79 Å². The molecule has 0 aliphatic carbocycles. The molecule has 0 radical (unpaired) electrons. The molecule has 2 rings (SSSR count). The zero-order valence-corrected chi connectivity index (χ0v) is 9.29. The summed E-state index contributed by atoms with van der Waals surface area (Å²) in [7, 11) is 1.56. The lowest BCUT2D eigenvalue weighted by molar-refractivity contribution is -0.607. The van der Waals surface area contributed by atoms with E-state index in [1.54, 1.807) is 43.5 Å². The quantitative estimate of drug-likeness (QED) is 0.456. The number of pyridine rings is 1. The Morgan fingerprint density at radius 2 is 1.88 bits per heavy atom. The topological polar surface area (TPSA) is 53.2 Å². The Labute approximate surface area is 98.7 Å². The van der Waals surface area contributed by atoms with E-state index in [-0.39, 0.29) is 11.5 Å². The van der Waals surface area contributed by atoms with Crippen molar-refractivity contribution in [3.8, 4) is 5.75 Å². The fourth-order valence-electron chi connectivity index (χ4n) is 1.49. The molecule has 2 aromatic rings. The zero-order chi connectivity index (χ0) is 12.3. The van der Waals surface area contributed by atoms with Gasteiger partial charge < -0.3 is 9.94 Å². The normalized spacial score (nSPS) is 9.94. The third kappa shape index (κ3) is 2.25. The minimum absolute atomic E-state index is 0.109. The Bertz CT molecular complexity index is 535. The predicted octanol–water partition coefficient (Wildman–Crippen LogP) is 1.56. The van der Waals surface area contributed by atoms with Crippen molar-refractivity contribution in [3.63, 3.8) is 0 Å². The van der Waals surface area contributed by atoms with Crippen molar-refractivity contribution in [2.45, 2.75) is 0 Å². The third-order valence-corrected chi connectivity index (χ3v) is 2.41. The van der Waals surface area contributed by atoms with Crippen LogP contribution in [0.2, 0.25) is 0 Å². The molecule has 86 valence electrons. The van der Waals surface area contributed by atoms with Crippen LogP contribution in [0.4, 0.5) is 0 Å². The van der Waals surface area contributed by atoms with Gasteiger partial charge in [0.2, 0.25) is 0 Å². The molecule has 1 heterocycles. The van der Waals surface area contributed by atoms with E-state index in [1.165, 1.54) is 12.3 Å². The second-order valence-electron chi connectivity index (χ2n) is 3.47. The highest BCUT2D eigenvalue weighted by molar-refractivity contribution is 6.06. The number of nitrogens with zero attached hydrogens (tertiary/aromatic N) is 1. The number of hydrogen-bond acceptors (Lipinski definition) is 3. The van der Waals surface area contributed by atoms with Crippen molar-refractivity contribution in [1.29, 1.82) is 0 Å². The summed E-state index contributed by atoms with van der Waals surface area (Å²) in [6.45, 7) is 0. The van der Waals surface area contributed by atoms with Crippen LogP contribution < -0.4 is 9.47 Å². The van der Waals surface area contributed by atoms with E-state index in [2.05, 4.69) is 0 Å². The summed E-state index contributed by atoms with van der Waals surface area (Å²) in [6, 6.07) is 11.4. The summed E-state index contributed by atoms with van der Waals surface area (Å²) in [5, 5.41) is 11.4. The standard InChI is InChI=1S/C13H11NO3/c1-17-11-7-5-10(6-8-11)13(15)12-4-2-3-9-14(12)16/h2-9H,1H3. The molecule has 17 heavy (non-hydrogen) atoms. The number of hydrogen-bond donors (Lipinski definition) is 0. The number of carbonyl (C=O) groups excluding carboxylic acids is 1. The Balaban J connectivity index is 2.34. The van der Waals surface area contributed by atoms with Gasteiger partial charge in [-0.05, 0) is 30.3 Å². The Morgan fingerprint density at radius 3 is 2.47 bits per heavy atom. The Kier molecular flexibility index (Phi) is 3.05. The van der Waals surface area contributed by atoms with Crippen LogP contribution in [0.3, 0.4) is 0 Å². The third-order valence-electron chi connectivity index (χ3n) is 2.41.